The second-order valence-corrected chi connectivity index (χ2v) is 1.96. The molecule has 0 atom stereocenters. The number of hydrogen-bond acceptors (Lipinski definition) is 1. The van der Waals surface area contributed by atoms with E-state index in [4.69, 9.17) is 0 Å². The van der Waals surface area contributed by atoms with E-state index in [0.717, 1.165) is 12.7 Å². The summed E-state index contributed by atoms with van der Waals surface area (Å²) in [7, 11) is 0. The van der Waals surface area contributed by atoms with Crippen molar-refractivity contribution in [3.8, 4) is 0 Å². The Hall–Kier alpha value is -0.330. The molecule has 0 aliphatic rings. The smallest absolute Gasteiger partial charge is 0.119 e. The van der Waals surface area contributed by atoms with Crippen LogP contribution in [0.1, 0.15) is 46.5 Å². The van der Waals surface area contributed by atoms with E-state index >= 15 is 0 Å². The first-order valence-corrected chi connectivity index (χ1v) is 3.77. The number of hydrogen-bond donors (Lipinski definition) is 0. The fraction of sp³-hybridized carbons (Fsp3) is 0.875. The van der Waals surface area contributed by atoms with E-state index < -0.39 is 0 Å². The molecule has 0 saturated carbocycles. The summed E-state index contributed by atoms with van der Waals surface area (Å²) in [5, 5.41) is 0. The van der Waals surface area contributed by atoms with E-state index in [0.29, 0.717) is 6.42 Å². The van der Waals surface area contributed by atoms with Gasteiger partial charge in [-0.1, -0.05) is 33.6 Å². The molecule has 0 spiro atoms. The highest BCUT2D eigenvalue weighted by Crippen LogP contribution is 1.76. The highest BCUT2D eigenvalue weighted by atomic mass is 16.1. The molecular formula is C8H18O. The Labute approximate surface area is 58.5 Å². The summed E-state index contributed by atoms with van der Waals surface area (Å²) < 4.78 is 0. The second kappa shape index (κ2) is 15.6. The van der Waals surface area contributed by atoms with Crippen LogP contribution in [-0.2, 0) is 4.79 Å². The first kappa shape index (κ1) is 11.5. The van der Waals surface area contributed by atoms with Crippen molar-refractivity contribution in [3.63, 3.8) is 0 Å². The molecule has 0 N–H and O–H groups in total. The fourth-order valence-corrected chi connectivity index (χ4v) is 0.118. The van der Waals surface area contributed by atoms with Gasteiger partial charge in [0.1, 0.15) is 6.29 Å². The third-order valence-electron chi connectivity index (χ3n) is 0.907. The maximum atomic E-state index is 9.40. The average molecular weight is 130 g/mol. The molecule has 0 saturated heterocycles. The normalized spacial score (nSPS) is 7.44. The summed E-state index contributed by atoms with van der Waals surface area (Å²) >= 11 is 0. The van der Waals surface area contributed by atoms with E-state index in [2.05, 4.69) is 13.8 Å². The lowest BCUT2D eigenvalue weighted by molar-refractivity contribution is -0.107. The van der Waals surface area contributed by atoms with Crippen LogP contribution in [0.3, 0.4) is 0 Å². The molecule has 1 nitrogen and oxygen atoms in total. The molecule has 0 radical (unpaired) electrons. The van der Waals surface area contributed by atoms with E-state index in [1.54, 1.807) is 0 Å². The third-order valence-corrected chi connectivity index (χ3v) is 0.907. The monoisotopic (exact) mass is 130 g/mol. The zero-order valence-electron chi connectivity index (χ0n) is 6.81. The number of aldehydes is 1. The molecule has 9 heavy (non-hydrogen) atoms. The van der Waals surface area contributed by atoms with Gasteiger partial charge in [0, 0.05) is 6.42 Å². The lowest BCUT2D eigenvalue weighted by Gasteiger charge is -1.68. The van der Waals surface area contributed by atoms with Crippen LogP contribution in [0.4, 0.5) is 0 Å². The summed E-state index contributed by atoms with van der Waals surface area (Å²) in [6.45, 7) is 6.34. The molecule has 0 aromatic heterocycles. The third kappa shape index (κ3) is 34.6. The van der Waals surface area contributed by atoms with Crippen LogP contribution < -0.4 is 0 Å². The first-order valence-electron chi connectivity index (χ1n) is 3.77. The SMILES string of the molecule is CCCC.CCCC=O. The molecular weight excluding hydrogens is 112 g/mol. The Bertz CT molecular complexity index is 39.8. The molecule has 0 heterocycles. The number of rotatable bonds is 3. The molecule has 0 unspecified atom stereocenters. The van der Waals surface area contributed by atoms with Gasteiger partial charge in [-0.2, -0.15) is 0 Å². The van der Waals surface area contributed by atoms with Gasteiger partial charge in [0.2, 0.25) is 0 Å². The lowest BCUT2D eigenvalue weighted by Crippen LogP contribution is -1.64. The van der Waals surface area contributed by atoms with Crippen molar-refractivity contribution in [2.45, 2.75) is 46.5 Å². The Morgan fingerprint density at radius 2 is 1.44 bits per heavy atom. The van der Waals surface area contributed by atoms with Crippen molar-refractivity contribution in [1.82, 2.24) is 0 Å². The van der Waals surface area contributed by atoms with Gasteiger partial charge in [-0.15, -0.1) is 0 Å². The molecule has 0 aromatic rings. The van der Waals surface area contributed by atoms with Crippen molar-refractivity contribution >= 4 is 6.29 Å². The zero-order valence-corrected chi connectivity index (χ0v) is 6.81. The largest absolute Gasteiger partial charge is 0.303 e. The maximum Gasteiger partial charge on any atom is 0.119 e. The van der Waals surface area contributed by atoms with Crippen molar-refractivity contribution < 1.29 is 4.79 Å². The predicted octanol–water partition coefficient (Wildman–Crippen LogP) is 2.79. The quantitative estimate of drug-likeness (QED) is 0.537. The first-order chi connectivity index (χ1) is 4.33. The molecule has 0 aliphatic carbocycles. The van der Waals surface area contributed by atoms with Crippen molar-refractivity contribution in [2.75, 3.05) is 0 Å². The van der Waals surface area contributed by atoms with Gasteiger partial charge in [0.15, 0.2) is 0 Å². The van der Waals surface area contributed by atoms with Gasteiger partial charge < -0.3 is 4.79 Å². The highest BCUT2D eigenvalue weighted by molar-refractivity contribution is 5.48. The summed E-state index contributed by atoms with van der Waals surface area (Å²) in [5.74, 6) is 0. The van der Waals surface area contributed by atoms with E-state index in [9.17, 15) is 4.79 Å². The highest BCUT2D eigenvalue weighted by Gasteiger charge is 1.66. The minimum absolute atomic E-state index is 0.708. The Morgan fingerprint density at radius 1 is 1.00 bits per heavy atom. The summed E-state index contributed by atoms with van der Waals surface area (Å²) in [4.78, 5) is 9.40. The minimum Gasteiger partial charge on any atom is -0.303 e. The van der Waals surface area contributed by atoms with E-state index in [-0.39, 0.29) is 0 Å². The summed E-state index contributed by atoms with van der Waals surface area (Å²) in [6, 6.07) is 0. The van der Waals surface area contributed by atoms with Gasteiger partial charge in [-0.3, -0.25) is 0 Å². The summed E-state index contributed by atoms with van der Waals surface area (Å²) in [6.07, 6.45) is 5.25. The Balaban J connectivity index is 0. The lowest BCUT2D eigenvalue weighted by atomic mass is 10.4. The Kier molecular flexibility index (Phi) is 19.9. The van der Waals surface area contributed by atoms with Gasteiger partial charge in [0.25, 0.3) is 0 Å². The van der Waals surface area contributed by atoms with E-state index in [1.165, 1.54) is 12.8 Å². The summed E-state index contributed by atoms with van der Waals surface area (Å²) in [5.41, 5.74) is 0. The van der Waals surface area contributed by atoms with Crippen LogP contribution in [0, 0.1) is 0 Å². The second-order valence-electron chi connectivity index (χ2n) is 1.96. The molecule has 56 valence electrons. The topological polar surface area (TPSA) is 17.1 Å². The van der Waals surface area contributed by atoms with Gasteiger partial charge in [-0.25, -0.2) is 0 Å². The molecule has 0 bridgehead atoms. The molecule has 0 aromatic carbocycles. The van der Waals surface area contributed by atoms with E-state index in [1.807, 2.05) is 6.92 Å². The van der Waals surface area contributed by atoms with Crippen LogP contribution in [0.2, 0.25) is 0 Å². The predicted molar refractivity (Wildman–Crippen MR) is 41.6 cm³/mol. The molecule has 0 amide bonds. The molecule has 1 heteroatoms. The number of carbonyl (C=O) groups excluding carboxylic acids is 1. The maximum absolute atomic E-state index is 9.40. The van der Waals surface area contributed by atoms with Crippen LogP contribution >= 0.6 is 0 Å². The number of unbranched alkanes of at least 4 members (excludes halogenated alkanes) is 2. The van der Waals surface area contributed by atoms with Crippen molar-refractivity contribution in [1.29, 1.82) is 0 Å². The zero-order chi connectivity index (χ0) is 7.54. The standard InChI is InChI=1S/C4H8O.C4H10/c1-2-3-4-5;1-3-4-2/h4H,2-3H2,1H3;3-4H2,1-2H3. The molecule has 0 fully saturated rings. The number of carbonyl (C=O) groups is 1. The van der Waals surface area contributed by atoms with Crippen LogP contribution in [-0.4, -0.2) is 6.29 Å². The molecule has 0 rings (SSSR count). The van der Waals surface area contributed by atoms with Gasteiger partial charge >= 0.3 is 0 Å². The van der Waals surface area contributed by atoms with Crippen LogP contribution in [0.5, 0.6) is 0 Å². The fourth-order valence-electron chi connectivity index (χ4n) is 0.118. The van der Waals surface area contributed by atoms with Gasteiger partial charge in [0.05, 0.1) is 0 Å². The van der Waals surface area contributed by atoms with Gasteiger partial charge in [-0.05, 0) is 6.42 Å². The van der Waals surface area contributed by atoms with Crippen LogP contribution in [0.25, 0.3) is 0 Å². The minimum atomic E-state index is 0.708. The van der Waals surface area contributed by atoms with Crippen molar-refractivity contribution in [3.05, 3.63) is 0 Å². The molecule has 0 aliphatic heterocycles. The average Bonchev–Trinajstić information content (AvgIpc) is 1.91. The van der Waals surface area contributed by atoms with Crippen molar-refractivity contribution in [2.24, 2.45) is 0 Å². The van der Waals surface area contributed by atoms with Crippen LogP contribution in [0.15, 0.2) is 0 Å². The Morgan fingerprint density at radius 3 is 1.44 bits per heavy atom.